The minimum Gasteiger partial charge on any atom is -0.372 e. The van der Waals surface area contributed by atoms with Crippen LogP contribution in [0.5, 0.6) is 0 Å². The van der Waals surface area contributed by atoms with Gasteiger partial charge in [0, 0.05) is 19.6 Å². The molecule has 0 fully saturated rings. The van der Waals surface area contributed by atoms with E-state index in [1.807, 2.05) is 43.1 Å². The molecule has 2 N–H and O–H groups in total. The molecule has 0 saturated heterocycles. The third-order valence-corrected chi connectivity index (χ3v) is 3.47. The zero-order chi connectivity index (χ0) is 14.5. The summed E-state index contributed by atoms with van der Waals surface area (Å²) in [5.41, 5.74) is 8.64. The van der Waals surface area contributed by atoms with Crippen LogP contribution >= 0.6 is 0 Å². The number of anilines is 1. The first-order valence-corrected chi connectivity index (χ1v) is 6.88. The van der Waals surface area contributed by atoms with E-state index in [1.165, 1.54) is 11.6 Å². The Hall–Kier alpha value is -1.87. The average Bonchev–Trinajstić information content (AvgIpc) is 2.45. The number of hydrogen-bond donors (Lipinski definition) is 1. The van der Waals surface area contributed by atoms with Gasteiger partial charge in [0.05, 0.1) is 5.69 Å². The van der Waals surface area contributed by atoms with E-state index < -0.39 is 0 Å². The Kier molecular flexibility index (Phi) is 4.74. The van der Waals surface area contributed by atoms with Crippen molar-refractivity contribution in [1.82, 2.24) is 0 Å². The highest BCUT2D eigenvalue weighted by atomic mass is 19.1. The second-order valence-electron chi connectivity index (χ2n) is 5.12. The largest absolute Gasteiger partial charge is 0.372 e. The highest BCUT2D eigenvalue weighted by molar-refractivity contribution is 5.55. The van der Waals surface area contributed by atoms with Gasteiger partial charge in [0.1, 0.15) is 5.82 Å². The highest BCUT2D eigenvalue weighted by Gasteiger charge is 2.15. The van der Waals surface area contributed by atoms with Crippen LogP contribution in [0, 0.1) is 5.82 Å². The predicted molar refractivity (Wildman–Crippen MR) is 82.4 cm³/mol. The summed E-state index contributed by atoms with van der Waals surface area (Å²) in [5.74, 6) is -0.213. The maximum absolute atomic E-state index is 14.1. The van der Waals surface area contributed by atoms with E-state index >= 15 is 0 Å². The summed E-state index contributed by atoms with van der Waals surface area (Å²) in [4.78, 5) is 1.95. The number of rotatable bonds is 5. The van der Waals surface area contributed by atoms with Gasteiger partial charge in [-0.05, 0) is 30.5 Å². The molecule has 0 aliphatic heterocycles. The van der Waals surface area contributed by atoms with E-state index in [1.54, 1.807) is 6.07 Å². The van der Waals surface area contributed by atoms with Gasteiger partial charge in [0.15, 0.2) is 0 Å². The van der Waals surface area contributed by atoms with Crippen molar-refractivity contribution in [3.8, 4) is 0 Å². The maximum Gasteiger partial charge on any atom is 0.146 e. The number of benzene rings is 2. The van der Waals surface area contributed by atoms with Crippen molar-refractivity contribution in [2.45, 2.75) is 19.4 Å². The summed E-state index contributed by atoms with van der Waals surface area (Å²) in [6.07, 6.45) is 0.879. The third kappa shape index (κ3) is 3.36. The summed E-state index contributed by atoms with van der Waals surface area (Å²) in [6.45, 7) is 2.63. The molecule has 106 valence electrons. The van der Waals surface area contributed by atoms with Crippen LogP contribution < -0.4 is 10.6 Å². The second-order valence-corrected chi connectivity index (χ2v) is 5.12. The molecule has 1 unspecified atom stereocenters. The molecule has 2 rings (SSSR count). The van der Waals surface area contributed by atoms with Crippen LogP contribution in [0.1, 0.15) is 24.1 Å². The normalized spacial score (nSPS) is 12.2. The molecule has 2 aromatic carbocycles. The van der Waals surface area contributed by atoms with Crippen LogP contribution in [0.4, 0.5) is 10.1 Å². The zero-order valence-corrected chi connectivity index (χ0v) is 12.0. The van der Waals surface area contributed by atoms with Crippen LogP contribution in [0.25, 0.3) is 0 Å². The summed E-state index contributed by atoms with van der Waals surface area (Å²) < 4.78 is 14.1. The topological polar surface area (TPSA) is 29.3 Å². The molecule has 20 heavy (non-hydrogen) atoms. The highest BCUT2D eigenvalue weighted by Crippen LogP contribution is 2.27. The fourth-order valence-electron chi connectivity index (χ4n) is 2.36. The molecule has 0 aromatic heterocycles. The first-order chi connectivity index (χ1) is 9.59. The zero-order valence-electron chi connectivity index (χ0n) is 12.0. The van der Waals surface area contributed by atoms with E-state index in [4.69, 9.17) is 5.73 Å². The number of nitrogens with zero attached hydrogens (tertiary/aromatic N) is 1. The molecule has 0 amide bonds. The average molecular weight is 272 g/mol. The molecule has 2 aromatic rings. The number of hydrogen-bond acceptors (Lipinski definition) is 2. The van der Waals surface area contributed by atoms with Gasteiger partial charge >= 0.3 is 0 Å². The van der Waals surface area contributed by atoms with Gasteiger partial charge in [-0.2, -0.15) is 0 Å². The fraction of sp³-hybridized carbons (Fsp3) is 0.294. The van der Waals surface area contributed by atoms with Crippen LogP contribution in [0.3, 0.4) is 0 Å². The van der Waals surface area contributed by atoms with Crippen LogP contribution in [-0.2, 0) is 6.42 Å². The maximum atomic E-state index is 14.1. The van der Waals surface area contributed by atoms with Gasteiger partial charge in [0.25, 0.3) is 0 Å². The van der Waals surface area contributed by atoms with Gasteiger partial charge in [0.2, 0.25) is 0 Å². The molecule has 1 atom stereocenters. The Balaban J connectivity index is 2.15. The van der Waals surface area contributed by atoms with Gasteiger partial charge in [-0.1, -0.05) is 42.5 Å². The fourth-order valence-corrected chi connectivity index (χ4v) is 2.36. The number of halogens is 1. The molecule has 0 aliphatic rings. The molecule has 3 heteroatoms. The summed E-state index contributed by atoms with van der Waals surface area (Å²) in [5, 5.41) is 0. The van der Waals surface area contributed by atoms with Crippen molar-refractivity contribution < 1.29 is 4.39 Å². The van der Waals surface area contributed by atoms with Crippen molar-refractivity contribution in [3.63, 3.8) is 0 Å². The Bertz CT molecular complexity index is 552. The Morgan fingerprint density at radius 1 is 1.10 bits per heavy atom. The molecular weight excluding hydrogens is 251 g/mol. The lowest BCUT2D eigenvalue weighted by Gasteiger charge is -2.24. The quantitative estimate of drug-likeness (QED) is 0.902. The molecule has 0 spiro atoms. The van der Waals surface area contributed by atoms with Crippen molar-refractivity contribution in [1.29, 1.82) is 0 Å². The summed E-state index contributed by atoms with van der Waals surface area (Å²) >= 11 is 0. The molecule has 0 radical (unpaired) electrons. The SMILES string of the molecule is CC(N)c1cccc(F)c1N(C)CCc1ccccc1. The van der Waals surface area contributed by atoms with Gasteiger partial charge < -0.3 is 10.6 Å². The van der Waals surface area contributed by atoms with E-state index in [2.05, 4.69) is 12.1 Å². The Morgan fingerprint density at radius 3 is 2.45 bits per heavy atom. The lowest BCUT2D eigenvalue weighted by atomic mass is 10.0. The molecule has 0 aliphatic carbocycles. The van der Waals surface area contributed by atoms with Crippen molar-refractivity contribution >= 4 is 5.69 Å². The van der Waals surface area contributed by atoms with Gasteiger partial charge in [-0.3, -0.25) is 0 Å². The first-order valence-electron chi connectivity index (χ1n) is 6.88. The van der Waals surface area contributed by atoms with Crippen molar-refractivity contribution in [2.24, 2.45) is 5.73 Å². The van der Waals surface area contributed by atoms with Crippen LogP contribution in [0.15, 0.2) is 48.5 Å². The molecule has 0 bridgehead atoms. The lowest BCUT2D eigenvalue weighted by molar-refractivity contribution is 0.616. The Morgan fingerprint density at radius 2 is 1.80 bits per heavy atom. The third-order valence-electron chi connectivity index (χ3n) is 3.47. The van der Waals surface area contributed by atoms with Gasteiger partial charge in [-0.15, -0.1) is 0 Å². The number of para-hydroxylation sites is 1. The number of likely N-dealkylation sites (N-methyl/N-ethyl adjacent to an activating group) is 1. The van der Waals surface area contributed by atoms with Gasteiger partial charge in [-0.25, -0.2) is 4.39 Å². The van der Waals surface area contributed by atoms with E-state index in [0.717, 1.165) is 18.5 Å². The molecular formula is C17H21FN2. The van der Waals surface area contributed by atoms with Crippen LogP contribution in [0.2, 0.25) is 0 Å². The minimum absolute atomic E-state index is 0.181. The first kappa shape index (κ1) is 14.5. The van der Waals surface area contributed by atoms with E-state index in [-0.39, 0.29) is 11.9 Å². The smallest absolute Gasteiger partial charge is 0.146 e. The molecule has 0 heterocycles. The second kappa shape index (κ2) is 6.53. The Labute approximate surface area is 120 Å². The van der Waals surface area contributed by atoms with E-state index in [0.29, 0.717) is 5.69 Å². The lowest BCUT2D eigenvalue weighted by Crippen LogP contribution is -2.24. The standard InChI is InChI=1S/C17H21FN2/c1-13(19)15-9-6-10-16(18)17(15)20(2)12-11-14-7-4-3-5-8-14/h3-10,13H,11-12,19H2,1-2H3. The molecule has 2 nitrogen and oxygen atoms in total. The van der Waals surface area contributed by atoms with E-state index in [9.17, 15) is 4.39 Å². The summed E-state index contributed by atoms with van der Waals surface area (Å²) in [6, 6.07) is 15.1. The predicted octanol–water partition coefficient (Wildman–Crippen LogP) is 3.52. The summed E-state index contributed by atoms with van der Waals surface area (Å²) in [7, 11) is 1.91. The number of nitrogens with two attached hydrogens (primary N) is 1. The minimum atomic E-state index is -0.213. The monoisotopic (exact) mass is 272 g/mol. The van der Waals surface area contributed by atoms with Crippen molar-refractivity contribution in [2.75, 3.05) is 18.5 Å². The van der Waals surface area contributed by atoms with Crippen molar-refractivity contribution in [3.05, 3.63) is 65.5 Å². The molecule has 0 saturated carbocycles. The van der Waals surface area contributed by atoms with Crippen LogP contribution in [-0.4, -0.2) is 13.6 Å².